The van der Waals surface area contributed by atoms with Crippen LogP contribution in [0.15, 0.2) is 46.1 Å². The number of benzene rings is 1. The van der Waals surface area contributed by atoms with E-state index in [1.165, 1.54) is 41.1 Å². The summed E-state index contributed by atoms with van der Waals surface area (Å²) in [6, 6.07) is 8.75. The molecule has 3 rings (SSSR count). The summed E-state index contributed by atoms with van der Waals surface area (Å²) in [6.45, 7) is 8.19. The topological polar surface area (TPSA) is 67.5 Å². The molecule has 2 heterocycles. The molecule has 30 heavy (non-hydrogen) atoms. The first-order chi connectivity index (χ1) is 14.3. The van der Waals surface area contributed by atoms with Crippen LogP contribution in [0.3, 0.4) is 0 Å². The van der Waals surface area contributed by atoms with Gasteiger partial charge >= 0.3 is 5.69 Å². The van der Waals surface area contributed by atoms with E-state index in [4.69, 9.17) is 0 Å². The third-order valence-corrected chi connectivity index (χ3v) is 5.61. The van der Waals surface area contributed by atoms with E-state index in [-0.39, 0.29) is 5.91 Å². The van der Waals surface area contributed by atoms with E-state index in [2.05, 4.69) is 43.0 Å². The molecule has 1 aromatic heterocycles. The maximum Gasteiger partial charge on any atom is 0.330 e. The molecule has 0 atom stereocenters. The van der Waals surface area contributed by atoms with Crippen molar-refractivity contribution in [3.8, 4) is 0 Å². The van der Waals surface area contributed by atoms with Gasteiger partial charge in [-0.2, -0.15) is 0 Å². The van der Waals surface area contributed by atoms with Crippen LogP contribution in [-0.2, 0) is 25.4 Å². The van der Waals surface area contributed by atoms with E-state index in [0.29, 0.717) is 24.6 Å². The molecule has 1 aromatic carbocycles. The van der Waals surface area contributed by atoms with Gasteiger partial charge in [0.2, 0.25) is 5.91 Å². The quantitative estimate of drug-likeness (QED) is 0.702. The van der Waals surface area contributed by atoms with Gasteiger partial charge in [-0.05, 0) is 23.1 Å². The summed E-state index contributed by atoms with van der Waals surface area (Å²) < 4.78 is 2.37. The zero-order valence-electron chi connectivity index (χ0n) is 18.2. The predicted octanol–water partition coefficient (Wildman–Crippen LogP) is 1.57. The molecule has 7 nitrogen and oxygen atoms in total. The molecule has 0 aliphatic carbocycles. The molecule has 1 aliphatic rings. The number of carbonyl (C=O) groups excluding carboxylic acids is 1. The van der Waals surface area contributed by atoms with Crippen molar-refractivity contribution >= 4 is 12.0 Å². The third-order valence-electron chi connectivity index (χ3n) is 5.61. The van der Waals surface area contributed by atoms with Crippen molar-refractivity contribution in [2.45, 2.75) is 26.3 Å². The molecule has 0 bridgehead atoms. The monoisotopic (exact) mass is 410 g/mol. The average Bonchev–Trinajstić information content (AvgIpc) is 2.74. The van der Waals surface area contributed by atoms with Crippen LogP contribution in [0, 0.1) is 0 Å². The Labute approximate surface area is 176 Å². The van der Waals surface area contributed by atoms with Gasteiger partial charge in [0.05, 0.1) is 5.56 Å². The van der Waals surface area contributed by atoms with Crippen LogP contribution in [0.2, 0.25) is 0 Å². The Morgan fingerprint density at radius 2 is 1.67 bits per heavy atom. The van der Waals surface area contributed by atoms with E-state index >= 15 is 0 Å². The number of rotatable bonds is 5. The molecular weight excluding hydrogens is 380 g/mol. The lowest BCUT2D eigenvalue weighted by molar-refractivity contribution is -0.127. The van der Waals surface area contributed by atoms with Crippen molar-refractivity contribution in [3.05, 3.63) is 74.1 Å². The highest BCUT2D eigenvalue weighted by Gasteiger charge is 2.19. The molecule has 0 saturated carbocycles. The Kier molecular flexibility index (Phi) is 6.72. The normalized spacial score (nSPS) is 15.3. The van der Waals surface area contributed by atoms with E-state index < -0.39 is 11.2 Å². The lowest BCUT2D eigenvalue weighted by Crippen LogP contribution is -2.47. The first-order valence-electron chi connectivity index (χ1n) is 10.3. The summed E-state index contributed by atoms with van der Waals surface area (Å²) in [5, 5.41) is 0. The van der Waals surface area contributed by atoms with Crippen LogP contribution < -0.4 is 11.2 Å². The summed E-state index contributed by atoms with van der Waals surface area (Å²) in [7, 11) is 3.01. The SMILES string of the molecule is CC(C)c1ccc(CN2CCN(C(=O)/C=C/c3cn(C)c(=O)n(C)c3=O)CC2)cc1. The highest BCUT2D eigenvalue weighted by Crippen LogP contribution is 2.16. The highest BCUT2D eigenvalue weighted by atomic mass is 16.2. The molecule has 7 heteroatoms. The summed E-state index contributed by atoms with van der Waals surface area (Å²) in [6.07, 6.45) is 4.37. The maximum absolute atomic E-state index is 12.5. The summed E-state index contributed by atoms with van der Waals surface area (Å²) >= 11 is 0. The smallest absolute Gasteiger partial charge is 0.330 e. The van der Waals surface area contributed by atoms with Crippen LogP contribution in [0.4, 0.5) is 0 Å². The largest absolute Gasteiger partial charge is 0.337 e. The predicted molar refractivity (Wildman–Crippen MR) is 118 cm³/mol. The number of nitrogens with zero attached hydrogens (tertiary/aromatic N) is 4. The van der Waals surface area contributed by atoms with E-state index in [1.54, 1.807) is 11.9 Å². The summed E-state index contributed by atoms with van der Waals surface area (Å²) in [5.74, 6) is 0.412. The van der Waals surface area contributed by atoms with Gasteiger partial charge in [0.25, 0.3) is 5.56 Å². The molecule has 0 unspecified atom stereocenters. The minimum absolute atomic E-state index is 0.119. The Bertz CT molecular complexity index is 1040. The summed E-state index contributed by atoms with van der Waals surface area (Å²) in [5.41, 5.74) is 2.14. The lowest BCUT2D eigenvalue weighted by Gasteiger charge is -2.34. The molecule has 1 amide bonds. The van der Waals surface area contributed by atoms with Crippen molar-refractivity contribution in [1.82, 2.24) is 18.9 Å². The molecule has 1 saturated heterocycles. The number of hydrogen-bond acceptors (Lipinski definition) is 4. The Morgan fingerprint density at radius 3 is 2.27 bits per heavy atom. The van der Waals surface area contributed by atoms with Gasteiger partial charge in [-0.3, -0.25) is 19.1 Å². The highest BCUT2D eigenvalue weighted by molar-refractivity contribution is 5.91. The Balaban J connectivity index is 1.56. The number of hydrogen-bond donors (Lipinski definition) is 0. The molecule has 0 spiro atoms. The van der Waals surface area contributed by atoms with E-state index in [9.17, 15) is 14.4 Å². The molecule has 2 aromatic rings. The van der Waals surface area contributed by atoms with Gasteiger partial charge in [0, 0.05) is 59.1 Å². The van der Waals surface area contributed by atoms with Gasteiger partial charge in [-0.1, -0.05) is 38.1 Å². The minimum atomic E-state index is -0.407. The lowest BCUT2D eigenvalue weighted by atomic mass is 10.0. The van der Waals surface area contributed by atoms with E-state index in [0.717, 1.165) is 24.2 Å². The van der Waals surface area contributed by atoms with Crippen LogP contribution in [0.1, 0.15) is 36.5 Å². The van der Waals surface area contributed by atoms with Gasteiger partial charge in [-0.15, -0.1) is 0 Å². The Hall–Kier alpha value is -2.93. The maximum atomic E-state index is 12.5. The number of piperazine rings is 1. The third kappa shape index (κ3) is 4.97. The fourth-order valence-corrected chi connectivity index (χ4v) is 3.61. The zero-order valence-corrected chi connectivity index (χ0v) is 18.2. The first-order valence-corrected chi connectivity index (χ1v) is 10.3. The van der Waals surface area contributed by atoms with Crippen LogP contribution in [0.25, 0.3) is 6.08 Å². The summed E-state index contributed by atoms with van der Waals surface area (Å²) in [4.78, 5) is 40.6. The fourth-order valence-electron chi connectivity index (χ4n) is 3.61. The second-order valence-electron chi connectivity index (χ2n) is 8.17. The zero-order chi connectivity index (χ0) is 21.8. The average molecular weight is 411 g/mol. The second kappa shape index (κ2) is 9.26. The molecule has 0 radical (unpaired) electrons. The van der Waals surface area contributed by atoms with Crippen molar-refractivity contribution in [1.29, 1.82) is 0 Å². The molecule has 0 N–H and O–H groups in total. The van der Waals surface area contributed by atoms with Crippen molar-refractivity contribution in [3.63, 3.8) is 0 Å². The Morgan fingerprint density at radius 1 is 1.03 bits per heavy atom. The molecular formula is C23H30N4O3. The second-order valence-corrected chi connectivity index (χ2v) is 8.17. The van der Waals surface area contributed by atoms with Gasteiger partial charge < -0.3 is 9.47 Å². The van der Waals surface area contributed by atoms with E-state index in [1.807, 2.05) is 0 Å². The van der Waals surface area contributed by atoms with Gasteiger partial charge in [0.15, 0.2) is 0 Å². The van der Waals surface area contributed by atoms with Crippen LogP contribution in [0.5, 0.6) is 0 Å². The van der Waals surface area contributed by atoms with Crippen LogP contribution in [-0.4, -0.2) is 51.0 Å². The van der Waals surface area contributed by atoms with Gasteiger partial charge in [-0.25, -0.2) is 4.79 Å². The molecule has 1 fully saturated rings. The fraction of sp³-hybridized carbons (Fsp3) is 0.435. The van der Waals surface area contributed by atoms with Gasteiger partial charge in [0.1, 0.15) is 0 Å². The minimum Gasteiger partial charge on any atom is -0.337 e. The standard InChI is InChI=1S/C23H30N4O3/c1-17(2)19-7-5-18(6-8-19)15-26-11-13-27(14-12-26)21(28)10-9-20-16-24(3)23(30)25(4)22(20)29/h5-10,16-17H,11-15H2,1-4H3/b10-9+. The van der Waals surface area contributed by atoms with Crippen LogP contribution >= 0.6 is 0 Å². The van der Waals surface area contributed by atoms with Crippen molar-refractivity contribution in [2.24, 2.45) is 14.1 Å². The number of aryl methyl sites for hydroxylation is 1. The van der Waals surface area contributed by atoms with Crippen molar-refractivity contribution in [2.75, 3.05) is 26.2 Å². The molecule has 1 aliphatic heterocycles. The first kappa shape index (κ1) is 21.8. The number of carbonyl (C=O) groups is 1. The number of amides is 1. The molecule has 160 valence electrons. The van der Waals surface area contributed by atoms with Crippen molar-refractivity contribution < 1.29 is 4.79 Å². The number of aromatic nitrogens is 2.